The molecule has 0 aromatic carbocycles. The summed E-state index contributed by atoms with van der Waals surface area (Å²) in [5.41, 5.74) is 1.02. The van der Waals surface area contributed by atoms with Gasteiger partial charge in [-0.1, -0.05) is 0 Å². The van der Waals surface area contributed by atoms with E-state index in [1.54, 1.807) is 0 Å². The van der Waals surface area contributed by atoms with E-state index >= 15 is 0 Å². The second kappa shape index (κ2) is 3.07. The lowest BCUT2D eigenvalue weighted by Gasteiger charge is -2.11. The lowest BCUT2D eigenvalue weighted by atomic mass is 10.1. The van der Waals surface area contributed by atoms with Gasteiger partial charge in [0.25, 0.3) is 0 Å². The molecule has 2 N–H and O–H groups in total. The Morgan fingerprint density at radius 3 is 3.21 bits per heavy atom. The zero-order chi connectivity index (χ0) is 9.54. The zero-order valence-electron chi connectivity index (χ0n) is 8.11. The Hall–Kier alpha value is -0.870. The number of aromatic nitrogens is 2. The summed E-state index contributed by atoms with van der Waals surface area (Å²) in [6, 6.07) is 0.0631. The van der Waals surface area contributed by atoms with Crippen LogP contribution in [0.3, 0.4) is 0 Å². The summed E-state index contributed by atoms with van der Waals surface area (Å²) >= 11 is 0. The van der Waals surface area contributed by atoms with Crippen molar-refractivity contribution >= 4 is 0 Å². The minimum absolute atomic E-state index is 0.0631. The number of nitrogens with one attached hydrogen (secondary N) is 1. The van der Waals surface area contributed by atoms with Crippen LogP contribution in [0, 0.1) is 0 Å². The fourth-order valence-corrected chi connectivity index (χ4v) is 2.42. The van der Waals surface area contributed by atoms with Crippen LogP contribution in [0.4, 0.5) is 0 Å². The minimum Gasteiger partial charge on any atom is -0.391 e. The molecule has 1 fully saturated rings. The number of fused-ring (bicyclic) bond motifs is 1. The van der Waals surface area contributed by atoms with E-state index in [1.807, 2.05) is 0 Å². The van der Waals surface area contributed by atoms with E-state index in [0.29, 0.717) is 0 Å². The van der Waals surface area contributed by atoms with Crippen molar-refractivity contribution in [2.75, 3.05) is 6.54 Å². The van der Waals surface area contributed by atoms with Crippen molar-refractivity contribution in [1.82, 2.24) is 14.9 Å². The SMILES string of the molecule is OC1CCNC1c1cn2c(n1)CCC2. The van der Waals surface area contributed by atoms with Crippen LogP contribution in [-0.4, -0.2) is 27.3 Å². The van der Waals surface area contributed by atoms with Crippen LogP contribution in [-0.2, 0) is 13.0 Å². The molecule has 1 aromatic rings. The molecule has 0 radical (unpaired) electrons. The van der Waals surface area contributed by atoms with Crippen molar-refractivity contribution in [3.63, 3.8) is 0 Å². The predicted molar refractivity (Wildman–Crippen MR) is 51.9 cm³/mol. The average molecular weight is 193 g/mol. The summed E-state index contributed by atoms with van der Waals surface area (Å²) < 4.78 is 2.21. The first kappa shape index (κ1) is 8.44. The van der Waals surface area contributed by atoms with E-state index in [0.717, 1.165) is 31.6 Å². The molecule has 14 heavy (non-hydrogen) atoms. The van der Waals surface area contributed by atoms with Gasteiger partial charge >= 0.3 is 0 Å². The van der Waals surface area contributed by atoms with Gasteiger partial charge in [-0.05, 0) is 19.4 Å². The summed E-state index contributed by atoms with van der Waals surface area (Å²) in [5, 5.41) is 13.0. The maximum absolute atomic E-state index is 9.72. The van der Waals surface area contributed by atoms with Crippen LogP contribution in [0.15, 0.2) is 6.20 Å². The molecule has 2 aliphatic rings. The second-order valence-corrected chi connectivity index (χ2v) is 4.17. The molecular formula is C10H15N3O. The van der Waals surface area contributed by atoms with Gasteiger partial charge in [-0.3, -0.25) is 0 Å². The second-order valence-electron chi connectivity index (χ2n) is 4.17. The van der Waals surface area contributed by atoms with Gasteiger partial charge in [0, 0.05) is 19.2 Å². The van der Waals surface area contributed by atoms with Crippen molar-refractivity contribution in [3.8, 4) is 0 Å². The lowest BCUT2D eigenvalue weighted by molar-refractivity contribution is 0.158. The number of rotatable bonds is 1. The van der Waals surface area contributed by atoms with Gasteiger partial charge in [-0.15, -0.1) is 0 Å². The first-order valence-corrected chi connectivity index (χ1v) is 5.32. The molecule has 0 amide bonds. The Morgan fingerprint density at radius 1 is 1.57 bits per heavy atom. The van der Waals surface area contributed by atoms with Crippen molar-refractivity contribution in [3.05, 3.63) is 17.7 Å². The largest absolute Gasteiger partial charge is 0.391 e. The van der Waals surface area contributed by atoms with Gasteiger partial charge in [-0.25, -0.2) is 4.98 Å². The normalized spacial score (nSPS) is 30.9. The topological polar surface area (TPSA) is 50.1 Å². The molecule has 2 atom stereocenters. The van der Waals surface area contributed by atoms with E-state index in [4.69, 9.17) is 0 Å². The smallest absolute Gasteiger partial charge is 0.109 e. The molecule has 0 spiro atoms. The van der Waals surface area contributed by atoms with E-state index in [2.05, 4.69) is 21.1 Å². The fourth-order valence-electron chi connectivity index (χ4n) is 2.42. The van der Waals surface area contributed by atoms with Gasteiger partial charge in [-0.2, -0.15) is 0 Å². The molecule has 0 saturated carbocycles. The molecule has 1 saturated heterocycles. The molecule has 4 heteroatoms. The first-order valence-electron chi connectivity index (χ1n) is 5.32. The van der Waals surface area contributed by atoms with Crippen LogP contribution in [0.2, 0.25) is 0 Å². The van der Waals surface area contributed by atoms with Gasteiger partial charge in [0.15, 0.2) is 0 Å². The predicted octanol–water partition coefficient (Wildman–Crippen LogP) is 0.225. The monoisotopic (exact) mass is 193 g/mol. The Bertz CT molecular complexity index is 326. The summed E-state index contributed by atoms with van der Waals surface area (Å²) in [5.74, 6) is 1.18. The molecule has 0 bridgehead atoms. The van der Waals surface area contributed by atoms with Crippen molar-refractivity contribution in [2.24, 2.45) is 0 Å². The highest BCUT2D eigenvalue weighted by molar-refractivity contribution is 5.14. The Morgan fingerprint density at radius 2 is 2.50 bits per heavy atom. The Balaban J connectivity index is 1.89. The number of aliphatic hydroxyl groups is 1. The van der Waals surface area contributed by atoms with Crippen LogP contribution >= 0.6 is 0 Å². The molecule has 3 rings (SSSR count). The van der Waals surface area contributed by atoms with Gasteiger partial charge < -0.3 is 15.0 Å². The fraction of sp³-hybridized carbons (Fsp3) is 0.700. The summed E-state index contributed by atoms with van der Waals surface area (Å²) in [4.78, 5) is 4.56. The number of hydrogen-bond acceptors (Lipinski definition) is 3. The highest BCUT2D eigenvalue weighted by Crippen LogP contribution is 2.25. The molecule has 4 nitrogen and oxygen atoms in total. The van der Waals surface area contributed by atoms with E-state index in [9.17, 15) is 5.11 Å². The summed E-state index contributed by atoms with van der Waals surface area (Å²) in [6.45, 7) is 1.99. The molecule has 76 valence electrons. The zero-order valence-corrected chi connectivity index (χ0v) is 8.11. The quantitative estimate of drug-likeness (QED) is 0.671. The molecule has 1 aromatic heterocycles. The van der Waals surface area contributed by atoms with Crippen molar-refractivity contribution in [1.29, 1.82) is 0 Å². The van der Waals surface area contributed by atoms with Crippen LogP contribution < -0.4 is 5.32 Å². The third-order valence-corrected chi connectivity index (χ3v) is 3.18. The number of aliphatic hydroxyl groups excluding tert-OH is 1. The summed E-state index contributed by atoms with van der Waals surface area (Å²) in [6.07, 6.45) is 4.97. The maximum atomic E-state index is 9.72. The van der Waals surface area contributed by atoms with Gasteiger partial charge in [0.05, 0.1) is 17.8 Å². The van der Waals surface area contributed by atoms with E-state index in [1.165, 1.54) is 12.2 Å². The number of imidazole rings is 1. The first-order chi connectivity index (χ1) is 6.84. The minimum atomic E-state index is -0.259. The van der Waals surface area contributed by atoms with Crippen LogP contribution in [0.5, 0.6) is 0 Å². The highest BCUT2D eigenvalue weighted by atomic mass is 16.3. The lowest BCUT2D eigenvalue weighted by Crippen LogP contribution is -2.21. The van der Waals surface area contributed by atoms with E-state index < -0.39 is 0 Å². The van der Waals surface area contributed by atoms with Gasteiger partial charge in [0.2, 0.25) is 0 Å². The van der Waals surface area contributed by atoms with E-state index in [-0.39, 0.29) is 12.1 Å². The summed E-state index contributed by atoms with van der Waals surface area (Å²) in [7, 11) is 0. The van der Waals surface area contributed by atoms with Gasteiger partial charge in [0.1, 0.15) is 5.82 Å². The number of hydrogen-bond donors (Lipinski definition) is 2. The highest BCUT2D eigenvalue weighted by Gasteiger charge is 2.29. The Labute approximate surface area is 83.0 Å². The maximum Gasteiger partial charge on any atom is 0.109 e. The van der Waals surface area contributed by atoms with Crippen molar-refractivity contribution < 1.29 is 5.11 Å². The molecule has 2 aliphatic heterocycles. The van der Waals surface area contributed by atoms with Crippen LogP contribution in [0.1, 0.15) is 30.4 Å². The molecule has 2 unspecified atom stereocenters. The molecule has 0 aliphatic carbocycles. The molecule has 3 heterocycles. The standard InChI is InChI=1S/C10H15N3O/c14-8-3-4-11-10(8)7-6-13-5-1-2-9(13)12-7/h6,8,10-11,14H,1-5H2. The Kier molecular flexibility index (Phi) is 1.85. The third-order valence-electron chi connectivity index (χ3n) is 3.18. The third kappa shape index (κ3) is 1.18. The van der Waals surface area contributed by atoms with Crippen LogP contribution in [0.25, 0.3) is 0 Å². The number of aryl methyl sites for hydroxylation is 2. The molecular weight excluding hydrogens is 178 g/mol. The van der Waals surface area contributed by atoms with Crippen molar-refractivity contribution in [2.45, 2.75) is 38.0 Å². The number of nitrogens with zero attached hydrogens (tertiary/aromatic N) is 2. The average Bonchev–Trinajstić information content (AvgIpc) is 2.75.